The van der Waals surface area contributed by atoms with E-state index in [0.717, 1.165) is 22.3 Å². The van der Waals surface area contributed by atoms with Gasteiger partial charge in [-0.05, 0) is 52.9 Å². The van der Waals surface area contributed by atoms with Crippen molar-refractivity contribution in [3.8, 4) is 11.1 Å². The van der Waals surface area contributed by atoms with Crippen LogP contribution in [0.15, 0.2) is 72.8 Å². The number of carboxylic acid groups (broad SMARTS) is 1. The predicted molar refractivity (Wildman–Crippen MR) is 129 cm³/mol. The third-order valence-corrected chi connectivity index (χ3v) is 6.17. The summed E-state index contributed by atoms with van der Waals surface area (Å²) in [5, 5.41) is 11.7. The molecule has 0 unspecified atom stereocenters. The molecule has 0 saturated heterocycles. The highest BCUT2D eigenvalue weighted by Crippen LogP contribution is 2.44. The summed E-state index contributed by atoms with van der Waals surface area (Å²) in [6, 6.07) is 21.4. The Balaban J connectivity index is 1.40. The first-order valence-corrected chi connectivity index (χ1v) is 11.1. The van der Waals surface area contributed by atoms with Gasteiger partial charge in [0.2, 0.25) is 5.91 Å². The number of amides is 2. The van der Waals surface area contributed by atoms with E-state index >= 15 is 0 Å². The summed E-state index contributed by atoms with van der Waals surface area (Å²) >= 11 is 0. The first-order valence-electron chi connectivity index (χ1n) is 11.1. The molecule has 4 rings (SSSR count). The highest BCUT2D eigenvalue weighted by atomic mass is 16.5. The maximum Gasteiger partial charge on any atom is 0.407 e. The van der Waals surface area contributed by atoms with Crippen molar-refractivity contribution < 1.29 is 24.2 Å². The van der Waals surface area contributed by atoms with Gasteiger partial charge < -0.3 is 20.1 Å². The van der Waals surface area contributed by atoms with Crippen LogP contribution < -0.4 is 10.2 Å². The molecule has 0 saturated carbocycles. The van der Waals surface area contributed by atoms with Crippen molar-refractivity contribution in [3.05, 3.63) is 89.5 Å². The Morgan fingerprint density at radius 2 is 1.50 bits per heavy atom. The smallest absolute Gasteiger partial charge is 0.407 e. The average molecular weight is 459 g/mol. The number of hydrogen-bond acceptors (Lipinski definition) is 4. The van der Waals surface area contributed by atoms with Crippen molar-refractivity contribution in [3.63, 3.8) is 0 Å². The molecule has 0 radical (unpaired) electrons. The van der Waals surface area contributed by atoms with Gasteiger partial charge in [0.1, 0.15) is 12.6 Å². The quantitative estimate of drug-likeness (QED) is 0.537. The molecule has 0 fully saturated rings. The first kappa shape index (κ1) is 23.0. The largest absolute Gasteiger partial charge is 0.478 e. The molecule has 0 aliphatic heterocycles. The summed E-state index contributed by atoms with van der Waals surface area (Å²) in [5.74, 6) is -1.42. The van der Waals surface area contributed by atoms with Crippen LogP contribution in [0, 0.1) is 0 Å². The van der Waals surface area contributed by atoms with Crippen LogP contribution in [0.4, 0.5) is 10.5 Å². The number of aromatic carboxylic acids is 1. The minimum Gasteiger partial charge on any atom is -0.478 e. The lowest BCUT2D eigenvalue weighted by Gasteiger charge is -2.24. The summed E-state index contributed by atoms with van der Waals surface area (Å²) < 4.78 is 5.56. The first-order chi connectivity index (χ1) is 16.4. The number of rotatable bonds is 7. The monoisotopic (exact) mass is 458 g/mol. The zero-order valence-corrected chi connectivity index (χ0v) is 19.0. The van der Waals surface area contributed by atoms with Crippen LogP contribution in [-0.2, 0) is 9.53 Å². The number of nitrogens with zero attached hydrogens (tertiary/aromatic N) is 1. The second-order valence-corrected chi connectivity index (χ2v) is 8.18. The molecule has 7 nitrogen and oxygen atoms in total. The van der Waals surface area contributed by atoms with Crippen molar-refractivity contribution in [2.24, 2.45) is 0 Å². The van der Waals surface area contributed by atoms with E-state index in [0.29, 0.717) is 12.1 Å². The van der Waals surface area contributed by atoms with E-state index in [2.05, 4.69) is 17.4 Å². The molecule has 0 bridgehead atoms. The Morgan fingerprint density at radius 3 is 2.03 bits per heavy atom. The number of carboxylic acids is 1. The summed E-state index contributed by atoms with van der Waals surface area (Å²) in [6.07, 6.45) is -0.280. The fraction of sp³-hybridized carbons (Fsp3) is 0.222. The lowest BCUT2D eigenvalue weighted by atomic mass is 9.98. The number of fused-ring (bicyclic) bond motifs is 3. The Hall–Kier alpha value is -4.13. The van der Waals surface area contributed by atoms with Gasteiger partial charge >= 0.3 is 12.1 Å². The molecule has 2 amide bonds. The van der Waals surface area contributed by atoms with Crippen LogP contribution in [0.5, 0.6) is 0 Å². The van der Waals surface area contributed by atoms with Gasteiger partial charge in [-0.3, -0.25) is 4.79 Å². The topological polar surface area (TPSA) is 95.9 Å². The maximum absolute atomic E-state index is 13.0. The second-order valence-electron chi connectivity index (χ2n) is 8.18. The Bertz CT molecular complexity index is 1180. The number of nitrogens with one attached hydrogen (secondary N) is 1. The van der Waals surface area contributed by atoms with Crippen LogP contribution in [0.2, 0.25) is 0 Å². The fourth-order valence-electron chi connectivity index (χ4n) is 4.31. The number of ether oxygens (including phenoxy) is 1. The van der Waals surface area contributed by atoms with Crippen LogP contribution in [0.3, 0.4) is 0 Å². The van der Waals surface area contributed by atoms with E-state index in [-0.39, 0.29) is 24.0 Å². The molecule has 34 heavy (non-hydrogen) atoms. The molecule has 0 heterocycles. The number of carbonyl (C=O) groups is 3. The van der Waals surface area contributed by atoms with E-state index < -0.39 is 18.1 Å². The van der Waals surface area contributed by atoms with Gasteiger partial charge in [-0.2, -0.15) is 0 Å². The third-order valence-electron chi connectivity index (χ3n) is 6.17. The van der Waals surface area contributed by atoms with E-state index in [4.69, 9.17) is 9.84 Å². The molecular weight excluding hydrogens is 432 g/mol. The van der Waals surface area contributed by atoms with Gasteiger partial charge in [0.15, 0.2) is 0 Å². The molecule has 2 N–H and O–H groups in total. The summed E-state index contributed by atoms with van der Waals surface area (Å²) in [4.78, 5) is 38.0. The molecule has 3 aromatic rings. The lowest BCUT2D eigenvalue weighted by Crippen LogP contribution is -2.47. The van der Waals surface area contributed by atoms with Gasteiger partial charge in [0.25, 0.3) is 0 Å². The van der Waals surface area contributed by atoms with Crippen LogP contribution in [0.1, 0.15) is 40.7 Å². The van der Waals surface area contributed by atoms with E-state index in [1.807, 2.05) is 36.4 Å². The van der Waals surface area contributed by atoms with E-state index in [9.17, 15) is 14.4 Å². The van der Waals surface area contributed by atoms with Gasteiger partial charge in [0.05, 0.1) is 5.56 Å². The molecule has 1 aliphatic carbocycles. The van der Waals surface area contributed by atoms with Crippen molar-refractivity contribution in [2.75, 3.05) is 18.6 Å². The molecule has 0 spiro atoms. The molecule has 1 aliphatic rings. The number of hydrogen-bond donors (Lipinski definition) is 2. The minimum absolute atomic E-state index is 0.0654. The Labute approximate surface area is 198 Å². The van der Waals surface area contributed by atoms with Gasteiger partial charge in [-0.1, -0.05) is 55.5 Å². The Kier molecular flexibility index (Phi) is 6.63. The maximum atomic E-state index is 13.0. The average Bonchev–Trinajstić information content (AvgIpc) is 3.19. The normalized spacial score (nSPS) is 12.9. The molecule has 0 aromatic heterocycles. The van der Waals surface area contributed by atoms with Crippen LogP contribution >= 0.6 is 0 Å². The number of carbonyl (C=O) groups excluding carboxylic acids is 2. The van der Waals surface area contributed by atoms with Crippen LogP contribution in [0.25, 0.3) is 11.1 Å². The molecule has 7 heteroatoms. The van der Waals surface area contributed by atoms with Gasteiger partial charge in [-0.15, -0.1) is 0 Å². The zero-order chi connectivity index (χ0) is 24.2. The fourth-order valence-corrected chi connectivity index (χ4v) is 4.31. The van der Waals surface area contributed by atoms with Crippen molar-refractivity contribution in [1.82, 2.24) is 5.32 Å². The highest BCUT2D eigenvalue weighted by Gasteiger charge is 2.30. The van der Waals surface area contributed by atoms with Crippen molar-refractivity contribution in [1.29, 1.82) is 0 Å². The second kappa shape index (κ2) is 9.79. The molecular formula is C27H26N2O5. The van der Waals surface area contributed by atoms with E-state index in [1.165, 1.54) is 17.0 Å². The van der Waals surface area contributed by atoms with Crippen molar-refractivity contribution in [2.45, 2.75) is 25.3 Å². The summed E-state index contributed by atoms with van der Waals surface area (Å²) in [6.45, 7) is 1.96. The number of anilines is 1. The molecule has 3 aromatic carbocycles. The predicted octanol–water partition coefficient (Wildman–Crippen LogP) is 4.66. The molecule has 1 atom stereocenters. The summed E-state index contributed by atoms with van der Waals surface area (Å²) in [7, 11) is 1.58. The number of alkyl carbamates (subject to hydrolysis) is 1. The highest BCUT2D eigenvalue weighted by molar-refractivity contribution is 5.98. The minimum atomic E-state index is -1.04. The zero-order valence-electron chi connectivity index (χ0n) is 19.0. The van der Waals surface area contributed by atoms with Gasteiger partial charge in [-0.25, -0.2) is 9.59 Å². The SMILES string of the molecule is CC[C@H](NC(=O)OCC1c2ccccc2-c2ccccc21)C(=O)N(C)c1ccc(C(=O)O)cc1. The van der Waals surface area contributed by atoms with Crippen molar-refractivity contribution >= 4 is 23.7 Å². The van der Waals surface area contributed by atoms with E-state index in [1.54, 1.807) is 26.1 Å². The number of likely N-dealkylation sites (N-methyl/N-ethyl adjacent to an activating group) is 1. The summed E-state index contributed by atoms with van der Waals surface area (Å²) in [5.41, 5.74) is 5.18. The lowest BCUT2D eigenvalue weighted by molar-refractivity contribution is -0.120. The standard InChI is InChI=1S/C27H26N2O5/c1-3-24(25(30)29(2)18-14-12-17(13-15-18)26(31)32)28-27(33)34-16-23-21-10-6-4-8-19(21)20-9-5-7-11-22(20)23/h4-15,23-24H,3,16H2,1-2H3,(H,28,33)(H,31,32)/t24-/m0/s1. The third kappa shape index (κ3) is 4.50. The van der Waals surface area contributed by atoms with Gasteiger partial charge in [0, 0.05) is 18.7 Å². The van der Waals surface area contributed by atoms with Crippen LogP contribution in [-0.4, -0.2) is 42.8 Å². The Morgan fingerprint density at radius 1 is 0.941 bits per heavy atom. The number of benzene rings is 3. The molecule has 174 valence electrons.